The van der Waals surface area contributed by atoms with Crippen LogP contribution in [0.2, 0.25) is 0 Å². The summed E-state index contributed by atoms with van der Waals surface area (Å²) in [4.78, 5) is 11.6. The van der Waals surface area contributed by atoms with Gasteiger partial charge in [-0.2, -0.15) is 0 Å². The van der Waals surface area contributed by atoms with Gasteiger partial charge in [-0.25, -0.2) is 4.79 Å². The zero-order chi connectivity index (χ0) is 19.0. The smallest absolute Gasteiger partial charge is 0.331 e. The van der Waals surface area contributed by atoms with E-state index in [1.807, 2.05) is 0 Å². The van der Waals surface area contributed by atoms with Crippen LogP contribution in [0, 0.1) is 28.6 Å². The predicted octanol–water partition coefficient (Wildman–Crippen LogP) is 3.52. The van der Waals surface area contributed by atoms with Crippen molar-refractivity contribution in [1.82, 2.24) is 0 Å². The van der Waals surface area contributed by atoms with Crippen LogP contribution in [0.25, 0.3) is 0 Å². The summed E-state index contributed by atoms with van der Waals surface area (Å²) in [6, 6.07) is 0. The number of fused-ring (bicyclic) bond motifs is 5. The van der Waals surface area contributed by atoms with Crippen molar-refractivity contribution in [2.24, 2.45) is 28.6 Å². The van der Waals surface area contributed by atoms with Crippen LogP contribution in [0.5, 0.6) is 0 Å². The molecule has 3 saturated carbocycles. The van der Waals surface area contributed by atoms with Crippen LogP contribution < -0.4 is 0 Å². The summed E-state index contributed by atoms with van der Waals surface area (Å²) in [5.74, 6) is 1.17. The van der Waals surface area contributed by atoms with Gasteiger partial charge in [-0.1, -0.05) is 19.9 Å². The fraction of sp³-hybridized carbons (Fsp3) is 0.783. The van der Waals surface area contributed by atoms with Gasteiger partial charge in [-0.3, -0.25) is 0 Å². The monoisotopic (exact) mass is 372 g/mol. The molecule has 1 aliphatic heterocycles. The van der Waals surface area contributed by atoms with Gasteiger partial charge >= 0.3 is 5.97 Å². The number of esters is 1. The maximum absolute atomic E-state index is 12.1. The van der Waals surface area contributed by atoms with E-state index in [0.717, 1.165) is 56.1 Å². The molecule has 2 N–H and O–H groups in total. The molecule has 0 aromatic rings. The van der Waals surface area contributed by atoms with E-state index in [1.54, 1.807) is 6.08 Å². The lowest BCUT2D eigenvalue weighted by Crippen LogP contribution is -2.62. The maximum atomic E-state index is 12.1. The van der Waals surface area contributed by atoms with Crippen molar-refractivity contribution < 1.29 is 19.7 Å². The van der Waals surface area contributed by atoms with Crippen LogP contribution in [-0.2, 0) is 9.53 Å². The van der Waals surface area contributed by atoms with Gasteiger partial charge in [-0.15, -0.1) is 0 Å². The third-order valence-electron chi connectivity index (χ3n) is 9.41. The van der Waals surface area contributed by atoms with Crippen LogP contribution in [0.3, 0.4) is 0 Å². The molecule has 3 fully saturated rings. The number of cyclic esters (lactones) is 1. The van der Waals surface area contributed by atoms with Gasteiger partial charge in [-0.05, 0) is 80.1 Å². The molecule has 0 aromatic heterocycles. The highest BCUT2D eigenvalue weighted by atomic mass is 16.5. The molecule has 0 radical (unpaired) electrons. The number of aliphatic hydroxyl groups excluding tert-OH is 1. The Bertz CT molecular complexity index is 739. The quantitative estimate of drug-likeness (QED) is 0.691. The molecule has 5 aliphatic rings. The van der Waals surface area contributed by atoms with E-state index < -0.39 is 5.60 Å². The van der Waals surface area contributed by atoms with E-state index in [2.05, 4.69) is 19.9 Å². The fourth-order valence-electron chi connectivity index (χ4n) is 7.79. The average Bonchev–Trinajstić information content (AvgIpc) is 3.16. The van der Waals surface area contributed by atoms with Gasteiger partial charge in [0, 0.05) is 17.1 Å². The first-order valence-corrected chi connectivity index (χ1v) is 10.8. The Labute approximate surface area is 161 Å². The summed E-state index contributed by atoms with van der Waals surface area (Å²) < 4.78 is 5.16. The zero-order valence-electron chi connectivity index (χ0n) is 16.5. The van der Waals surface area contributed by atoms with Crippen molar-refractivity contribution in [1.29, 1.82) is 0 Å². The summed E-state index contributed by atoms with van der Waals surface area (Å²) >= 11 is 0. The molecule has 27 heavy (non-hydrogen) atoms. The summed E-state index contributed by atoms with van der Waals surface area (Å²) in [6.45, 7) is 4.99. The molecule has 0 saturated heterocycles. The standard InChI is InChI=1S/C23H32O4/c1-21-8-5-16(24)12-15(21)3-4-19-18(21)6-9-22(2)17(7-10-23(19,22)26)14-11-20(25)27-13-14/h7,11,15-16,18-19,24,26H,3-6,8-10,12-13H2,1-2H3/t15-,16+,18-,19-,21+,22-,23+/m1/s1. The van der Waals surface area contributed by atoms with E-state index in [1.165, 1.54) is 0 Å². The Morgan fingerprint density at radius 2 is 1.93 bits per heavy atom. The van der Waals surface area contributed by atoms with Crippen LogP contribution >= 0.6 is 0 Å². The van der Waals surface area contributed by atoms with Crippen LogP contribution in [-0.4, -0.2) is 34.5 Å². The number of carbonyl (C=O) groups excluding carboxylic acids is 1. The second-order valence-corrected chi connectivity index (χ2v) is 10.3. The fourth-order valence-corrected chi connectivity index (χ4v) is 7.79. The van der Waals surface area contributed by atoms with Gasteiger partial charge < -0.3 is 14.9 Å². The number of hydrogen-bond donors (Lipinski definition) is 2. The SMILES string of the molecule is C[C@]12CC[C@H](O)C[C@H]1CC[C@@H]1[C@H]2CC[C@]2(C)C(C3=CC(=O)OC3)=CC[C@]12O. The minimum atomic E-state index is -0.720. The van der Waals surface area contributed by atoms with Gasteiger partial charge in [0.25, 0.3) is 0 Å². The summed E-state index contributed by atoms with van der Waals surface area (Å²) in [5, 5.41) is 22.2. The van der Waals surface area contributed by atoms with E-state index in [-0.39, 0.29) is 22.9 Å². The second kappa shape index (κ2) is 5.70. The van der Waals surface area contributed by atoms with Crippen molar-refractivity contribution >= 4 is 5.97 Å². The molecule has 7 atom stereocenters. The average molecular weight is 373 g/mol. The molecule has 0 unspecified atom stereocenters. The van der Waals surface area contributed by atoms with Crippen LogP contribution in [0.1, 0.15) is 65.2 Å². The molecule has 0 aromatic carbocycles. The summed E-state index contributed by atoms with van der Waals surface area (Å²) in [6.07, 6.45) is 11.6. The Morgan fingerprint density at radius 1 is 1.11 bits per heavy atom. The van der Waals surface area contributed by atoms with Gasteiger partial charge in [0.15, 0.2) is 0 Å². The highest BCUT2D eigenvalue weighted by Gasteiger charge is 2.65. The van der Waals surface area contributed by atoms with Crippen molar-refractivity contribution in [2.45, 2.75) is 76.9 Å². The Balaban J connectivity index is 1.48. The number of ether oxygens (including phenoxy) is 1. The van der Waals surface area contributed by atoms with E-state index in [4.69, 9.17) is 4.74 Å². The third-order valence-corrected chi connectivity index (χ3v) is 9.41. The first-order valence-electron chi connectivity index (χ1n) is 10.8. The lowest BCUT2D eigenvalue weighted by Gasteiger charge is -2.63. The normalized spacial score (nSPS) is 51.6. The minimum Gasteiger partial charge on any atom is -0.458 e. The van der Waals surface area contributed by atoms with Crippen molar-refractivity contribution in [3.63, 3.8) is 0 Å². The van der Waals surface area contributed by atoms with E-state index in [9.17, 15) is 15.0 Å². The molecular formula is C23H32O4. The first kappa shape index (κ1) is 17.9. The molecule has 0 bridgehead atoms. The molecule has 4 nitrogen and oxygen atoms in total. The lowest BCUT2D eigenvalue weighted by atomic mass is 9.43. The highest BCUT2D eigenvalue weighted by molar-refractivity contribution is 5.86. The van der Waals surface area contributed by atoms with Crippen molar-refractivity contribution in [2.75, 3.05) is 6.61 Å². The number of rotatable bonds is 1. The Morgan fingerprint density at radius 3 is 2.67 bits per heavy atom. The van der Waals surface area contributed by atoms with Gasteiger partial charge in [0.1, 0.15) is 6.61 Å². The molecule has 0 spiro atoms. The van der Waals surface area contributed by atoms with Crippen LogP contribution in [0.4, 0.5) is 0 Å². The third kappa shape index (κ3) is 2.26. The maximum Gasteiger partial charge on any atom is 0.331 e. The molecular weight excluding hydrogens is 340 g/mol. The van der Waals surface area contributed by atoms with E-state index >= 15 is 0 Å². The molecule has 0 amide bonds. The largest absolute Gasteiger partial charge is 0.458 e. The number of carbonyl (C=O) groups is 1. The molecule has 148 valence electrons. The number of hydrogen-bond acceptors (Lipinski definition) is 4. The topological polar surface area (TPSA) is 66.8 Å². The molecule has 5 rings (SSSR count). The summed E-state index contributed by atoms with van der Waals surface area (Å²) in [7, 11) is 0. The van der Waals surface area contributed by atoms with Crippen molar-refractivity contribution in [3.8, 4) is 0 Å². The van der Waals surface area contributed by atoms with Gasteiger partial charge in [0.2, 0.25) is 0 Å². The molecule has 1 heterocycles. The van der Waals surface area contributed by atoms with Crippen LogP contribution in [0.15, 0.2) is 23.3 Å². The lowest BCUT2D eigenvalue weighted by molar-refractivity contribution is -0.197. The Hall–Kier alpha value is -1.13. The zero-order valence-corrected chi connectivity index (χ0v) is 16.5. The first-order chi connectivity index (χ1) is 12.8. The Kier molecular flexibility index (Phi) is 3.78. The molecule has 4 heteroatoms. The minimum absolute atomic E-state index is 0.136. The number of aliphatic hydroxyl groups is 2. The summed E-state index contributed by atoms with van der Waals surface area (Å²) in [5.41, 5.74) is 1.36. The van der Waals surface area contributed by atoms with Crippen molar-refractivity contribution in [3.05, 3.63) is 23.3 Å². The van der Waals surface area contributed by atoms with E-state index in [0.29, 0.717) is 30.8 Å². The predicted molar refractivity (Wildman–Crippen MR) is 102 cm³/mol. The molecule has 4 aliphatic carbocycles. The highest BCUT2D eigenvalue weighted by Crippen LogP contribution is 2.68. The van der Waals surface area contributed by atoms with Gasteiger partial charge in [0.05, 0.1) is 11.7 Å². The second-order valence-electron chi connectivity index (χ2n) is 10.3.